The third kappa shape index (κ3) is 2.48. The summed E-state index contributed by atoms with van der Waals surface area (Å²) in [6, 6.07) is 5.79. The largest absolute Gasteiger partial charge is 0.443 e. The smallest absolute Gasteiger partial charge is 0.182 e. The van der Waals surface area contributed by atoms with Crippen molar-refractivity contribution in [2.45, 2.75) is 0 Å². The molecule has 0 radical (unpaired) electrons. The minimum Gasteiger partial charge on any atom is -0.443 e. The molecule has 2 aromatic carbocycles. The molecule has 0 aliphatic carbocycles. The SMILES string of the molecule is O=Cc1cc2ocnc2c(F)c1Nc1ccc(I)cc1F. The van der Waals surface area contributed by atoms with Gasteiger partial charge in [0.05, 0.1) is 11.4 Å². The van der Waals surface area contributed by atoms with Crippen molar-refractivity contribution in [2.24, 2.45) is 0 Å². The molecule has 0 unspecified atom stereocenters. The number of benzene rings is 2. The molecular formula is C14H7F2IN2O2. The number of carbonyl (C=O) groups excluding carboxylic acids is 1. The molecule has 21 heavy (non-hydrogen) atoms. The summed E-state index contributed by atoms with van der Waals surface area (Å²) >= 11 is 1.96. The molecule has 3 rings (SSSR count). The summed E-state index contributed by atoms with van der Waals surface area (Å²) in [5.74, 6) is -1.31. The van der Waals surface area contributed by atoms with Gasteiger partial charge in [0.1, 0.15) is 11.3 Å². The Morgan fingerprint density at radius 3 is 2.81 bits per heavy atom. The van der Waals surface area contributed by atoms with Crippen LogP contribution in [-0.2, 0) is 0 Å². The molecule has 0 amide bonds. The molecule has 1 aromatic heterocycles. The van der Waals surface area contributed by atoms with E-state index in [1.807, 2.05) is 22.6 Å². The first-order valence-corrected chi connectivity index (χ1v) is 6.91. The molecule has 0 saturated heterocycles. The van der Waals surface area contributed by atoms with E-state index in [0.29, 0.717) is 9.86 Å². The molecule has 1 N–H and O–H groups in total. The molecule has 0 saturated carbocycles. The van der Waals surface area contributed by atoms with Crippen LogP contribution in [0.5, 0.6) is 0 Å². The topological polar surface area (TPSA) is 55.1 Å². The van der Waals surface area contributed by atoms with Gasteiger partial charge in [0.15, 0.2) is 24.1 Å². The van der Waals surface area contributed by atoms with Crippen molar-refractivity contribution in [1.82, 2.24) is 4.98 Å². The highest BCUT2D eigenvalue weighted by atomic mass is 127. The van der Waals surface area contributed by atoms with Crippen LogP contribution >= 0.6 is 22.6 Å². The first-order valence-electron chi connectivity index (χ1n) is 5.83. The van der Waals surface area contributed by atoms with Crippen LogP contribution in [-0.4, -0.2) is 11.3 Å². The fourth-order valence-corrected chi connectivity index (χ4v) is 2.38. The summed E-state index contributed by atoms with van der Waals surface area (Å²) in [7, 11) is 0. The monoisotopic (exact) mass is 400 g/mol. The number of hydrogen-bond donors (Lipinski definition) is 1. The number of aldehydes is 1. The van der Waals surface area contributed by atoms with Gasteiger partial charge in [-0.2, -0.15) is 0 Å². The highest BCUT2D eigenvalue weighted by molar-refractivity contribution is 14.1. The second-order valence-corrected chi connectivity index (χ2v) is 5.47. The lowest BCUT2D eigenvalue weighted by Gasteiger charge is -2.11. The second kappa shape index (κ2) is 5.40. The zero-order valence-electron chi connectivity index (χ0n) is 10.4. The first-order chi connectivity index (χ1) is 10.1. The lowest BCUT2D eigenvalue weighted by molar-refractivity contribution is 0.112. The zero-order chi connectivity index (χ0) is 15.0. The fraction of sp³-hybridized carbons (Fsp3) is 0. The van der Waals surface area contributed by atoms with Gasteiger partial charge in [-0.3, -0.25) is 4.79 Å². The number of halogens is 3. The summed E-state index contributed by atoms with van der Waals surface area (Å²) < 4.78 is 33.9. The molecular weight excluding hydrogens is 393 g/mol. The minimum absolute atomic E-state index is 0.0194. The molecule has 4 nitrogen and oxygen atoms in total. The second-order valence-electron chi connectivity index (χ2n) is 4.22. The molecule has 0 aliphatic rings. The molecule has 0 spiro atoms. The van der Waals surface area contributed by atoms with E-state index >= 15 is 0 Å². The zero-order valence-corrected chi connectivity index (χ0v) is 12.5. The molecule has 7 heteroatoms. The number of fused-ring (bicyclic) bond motifs is 1. The van der Waals surface area contributed by atoms with Gasteiger partial charge < -0.3 is 9.73 Å². The van der Waals surface area contributed by atoms with E-state index in [-0.39, 0.29) is 28.0 Å². The Labute approximate surface area is 131 Å². The van der Waals surface area contributed by atoms with E-state index < -0.39 is 11.6 Å². The predicted molar refractivity (Wildman–Crippen MR) is 81.8 cm³/mol. The van der Waals surface area contributed by atoms with E-state index in [1.54, 1.807) is 6.07 Å². The number of anilines is 2. The molecule has 0 aliphatic heterocycles. The van der Waals surface area contributed by atoms with Crippen LogP contribution in [0.4, 0.5) is 20.2 Å². The van der Waals surface area contributed by atoms with Gasteiger partial charge >= 0.3 is 0 Å². The van der Waals surface area contributed by atoms with Crippen molar-refractivity contribution in [3.63, 3.8) is 0 Å². The van der Waals surface area contributed by atoms with Crippen molar-refractivity contribution in [1.29, 1.82) is 0 Å². The third-order valence-corrected chi connectivity index (χ3v) is 3.59. The van der Waals surface area contributed by atoms with E-state index in [0.717, 1.165) is 6.39 Å². The number of nitrogens with zero attached hydrogens (tertiary/aromatic N) is 1. The fourth-order valence-electron chi connectivity index (χ4n) is 1.93. The maximum absolute atomic E-state index is 14.4. The predicted octanol–water partition coefficient (Wildman–Crippen LogP) is 4.27. The van der Waals surface area contributed by atoms with E-state index in [2.05, 4.69) is 10.3 Å². The van der Waals surface area contributed by atoms with Crippen molar-refractivity contribution >= 4 is 51.4 Å². The number of carbonyl (C=O) groups is 1. The highest BCUT2D eigenvalue weighted by Crippen LogP contribution is 2.30. The maximum Gasteiger partial charge on any atom is 0.182 e. The Kier molecular flexibility index (Phi) is 3.58. The molecule has 0 bridgehead atoms. The van der Waals surface area contributed by atoms with Gasteiger partial charge in [0.25, 0.3) is 0 Å². The van der Waals surface area contributed by atoms with Crippen LogP contribution in [0.2, 0.25) is 0 Å². The number of hydrogen-bond acceptors (Lipinski definition) is 4. The van der Waals surface area contributed by atoms with Crippen LogP contribution in [0.3, 0.4) is 0 Å². The minimum atomic E-state index is -0.763. The van der Waals surface area contributed by atoms with E-state index in [9.17, 15) is 13.6 Å². The van der Waals surface area contributed by atoms with Crippen LogP contribution in [0.1, 0.15) is 10.4 Å². The van der Waals surface area contributed by atoms with Crippen LogP contribution < -0.4 is 5.32 Å². The van der Waals surface area contributed by atoms with Crippen LogP contribution in [0.25, 0.3) is 11.1 Å². The standard InChI is InChI=1S/C14H7F2IN2O2/c15-9-4-8(17)1-2-10(9)19-13-7(5-20)3-11-14(12(13)16)18-6-21-11/h1-6,19H. The Morgan fingerprint density at radius 1 is 1.29 bits per heavy atom. The lowest BCUT2D eigenvalue weighted by Crippen LogP contribution is -2.01. The molecule has 0 fully saturated rings. The summed E-state index contributed by atoms with van der Waals surface area (Å²) in [5, 5.41) is 2.60. The molecule has 1 heterocycles. The lowest BCUT2D eigenvalue weighted by atomic mass is 10.1. The molecule has 3 aromatic rings. The van der Waals surface area contributed by atoms with Gasteiger partial charge in [-0.25, -0.2) is 13.8 Å². The Balaban J connectivity index is 2.14. The van der Waals surface area contributed by atoms with Crippen molar-refractivity contribution in [3.05, 3.63) is 51.4 Å². The first kappa shape index (κ1) is 13.9. The summed E-state index contributed by atoms with van der Waals surface area (Å²) in [5.41, 5.74) is 0.0960. The van der Waals surface area contributed by atoms with Crippen LogP contribution in [0, 0.1) is 15.2 Å². The Bertz CT molecular complexity index is 848. The van der Waals surface area contributed by atoms with E-state index in [1.165, 1.54) is 18.2 Å². The van der Waals surface area contributed by atoms with Gasteiger partial charge in [0, 0.05) is 9.13 Å². The van der Waals surface area contributed by atoms with Gasteiger partial charge in [-0.15, -0.1) is 0 Å². The molecule has 0 atom stereocenters. The average Bonchev–Trinajstić information content (AvgIpc) is 2.92. The Morgan fingerprint density at radius 2 is 2.10 bits per heavy atom. The summed E-state index contributed by atoms with van der Waals surface area (Å²) in [4.78, 5) is 14.9. The van der Waals surface area contributed by atoms with Gasteiger partial charge in [-0.1, -0.05) is 0 Å². The maximum atomic E-state index is 14.4. The van der Waals surface area contributed by atoms with E-state index in [4.69, 9.17) is 4.42 Å². The number of oxazole rings is 1. The number of aromatic nitrogens is 1. The highest BCUT2D eigenvalue weighted by Gasteiger charge is 2.17. The van der Waals surface area contributed by atoms with Crippen molar-refractivity contribution in [3.8, 4) is 0 Å². The quantitative estimate of drug-likeness (QED) is 0.527. The van der Waals surface area contributed by atoms with Gasteiger partial charge in [-0.05, 0) is 46.9 Å². The number of nitrogens with one attached hydrogen (secondary N) is 1. The Hall–Kier alpha value is -2.03. The number of rotatable bonds is 3. The van der Waals surface area contributed by atoms with Crippen molar-refractivity contribution < 1.29 is 18.0 Å². The summed E-state index contributed by atoms with van der Waals surface area (Å²) in [6.07, 6.45) is 1.55. The normalized spacial score (nSPS) is 10.8. The summed E-state index contributed by atoms with van der Waals surface area (Å²) in [6.45, 7) is 0. The third-order valence-electron chi connectivity index (χ3n) is 2.92. The average molecular weight is 400 g/mol. The van der Waals surface area contributed by atoms with Gasteiger partial charge in [0.2, 0.25) is 0 Å². The molecule has 106 valence electrons. The van der Waals surface area contributed by atoms with Crippen molar-refractivity contribution in [2.75, 3.05) is 5.32 Å². The van der Waals surface area contributed by atoms with Crippen LogP contribution in [0.15, 0.2) is 35.1 Å².